The maximum atomic E-state index is 12.3. The molecule has 6 nitrogen and oxygen atoms in total. The van der Waals surface area contributed by atoms with Crippen LogP contribution in [-0.4, -0.2) is 63.3 Å². The molecule has 27 heavy (non-hydrogen) atoms. The molecule has 0 heterocycles. The van der Waals surface area contributed by atoms with Gasteiger partial charge in [-0.15, -0.1) is 24.0 Å². The van der Waals surface area contributed by atoms with Crippen LogP contribution in [0.15, 0.2) is 29.3 Å². The lowest BCUT2D eigenvalue weighted by molar-refractivity contribution is -0.157. The molecule has 1 amide bonds. The van der Waals surface area contributed by atoms with Crippen molar-refractivity contribution in [3.05, 3.63) is 29.8 Å². The van der Waals surface area contributed by atoms with Crippen LogP contribution in [0.4, 0.5) is 13.2 Å². The van der Waals surface area contributed by atoms with E-state index >= 15 is 0 Å². The first-order valence-corrected chi connectivity index (χ1v) is 8.21. The summed E-state index contributed by atoms with van der Waals surface area (Å²) in [5.41, 5.74) is 1.01. The Morgan fingerprint density at radius 2 is 1.93 bits per heavy atom. The number of carbonyl (C=O) groups excluding carboxylic acids is 1. The minimum absolute atomic E-state index is 0. The van der Waals surface area contributed by atoms with Crippen molar-refractivity contribution in [1.82, 2.24) is 15.5 Å². The number of para-hydroxylation sites is 1. The molecule has 154 valence electrons. The number of nitrogens with zero attached hydrogens (tertiary/aromatic N) is 2. The molecule has 1 aromatic carbocycles. The van der Waals surface area contributed by atoms with Crippen molar-refractivity contribution in [2.24, 2.45) is 4.99 Å². The highest BCUT2D eigenvalue weighted by molar-refractivity contribution is 14.0. The summed E-state index contributed by atoms with van der Waals surface area (Å²) in [5, 5.41) is 6.01. The standard InChI is InChI=1S/C17H25F3N4O2.HI/c1-4-21-16(23-11-15(25)24(2)12-17(18,19)20)22-10-9-13-7-5-6-8-14(13)26-3;/h5-8H,4,9-12H2,1-3H3,(H2,21,22,23);1H. The van der Waals surface area contributed by atoms with Crippen LogP contribution in [0.25, 0.3) is 0 Å². The number of halogens is 4. The largest absolute Gasteiger partial charge is 0.496 e. The number of guanidine groups is 1. The third-order valence-corrected chi connectivity index (χ3v) is 3.44. The van der Waals surface area contributed by atoms with Crippen molar-refractivity contribution in [3.8, 4) is 5.75 Å². The monoisotopic (exact) mass is 502 g/mol. The molecule has 0 spiro atoms. The first kappa shape index (κ1) is 25.3. The van der Waals surface area contributed by atoms with Crippen LogP contribution in [0.5, 0.6) is 5.75 Å². The molecule has 0 saturated heterocycles. The summed E-state index contributed by atoms with van der Waals surface area (Å²) in [6.45, 7) is 1.29. The second kappa shape index (κ2) is 12.6. The number of rotatable bonds is 8. The predicted octanol–water partition coefficient (Wildman–Crippen LogP) is 2.43. The van der Waals surface area contributed by atoms with Gasteiger partial charge >= 0.3 is 6.18 Å². The van der Waals surface area contributed by atoms with Gasteiger partial charge < -0.3 is 20.3 Å². The molecular weight excluding hydrogens is 476 g/mol. The molecule has 0 aliphatic carbocycles. The number of carbonyl (C=O) groups is 1. The Morgan fingerprint density at radius 3 is 2.52 bits per heavy atom. The lowest BCUT2D eigenvalue weighted by Gasteiger charge is -2.18. The van der Waals surface area contributed by atoms with Crippen molar-refractivity contribution in [2.75, 3.05) is 40.3 Å². The molecule has 0 unspecified atom stereocenters. The maximum absolute atomic E-state index is 12.3. The Hall–Kier alpha value is -1.72. The Bertz CT molecular complexity index is 612. The van der Waals surface area contributed by atoms with E-state index in [-0.39, 0.29) is 30.5 Å². The van der Waals surface area contributed by atoms with Crippen LogP contribution in [0.1, 0.15) is 12.5 Å². The average molecular weight is 502 g/mol. The van der Waals surface area contributed by atoms with Crippen molar-refractivity contribution in [2.45, 2.75) is 19.5 Å². The fourth-order valence-electron chi connectivity index (χ4n) is 2.19. The van der Waals surface area contributed by atoms with E-state index in [2.05, 4.69) is 15.6 Å². The second-order valence-corrected chi connectivity index (χ2v) is 5.55. The van der Waals surface area contributed by atoms with Gasteiger partial charge in [0.2, 0.25) is 5.91 Å². The zero-order chi connectivity index (χ0) is 19.6. The first-order valence-electron chi connectivity index (χ1n) is 8.21. The number of aliphatic imine (C=N–C) groups is 1. The number of ether oxygens (including phenoxy) is 1. The van der Waals surface area contributed by atoms with Gasteiger partial charge in [-0.3, -0.25) is 4.79 Å². The smallest absolute Gasteiger partial charge is 0.406 e. The number of alkyl halides is 3. The minimum atomic E-state index is -4.42. The highest BCUT2D eigenvalue weighted by atomic mass is 127. The Kier molecular flexibility index (Phi) is 11.8. The molecule has 0 aliphatic rings. The van der Waals surface area contributed by atoms with Crippen LogP contribution in [0, 0.1) is 0 Å². The summed E-state index contributed by atoms with van der Waals surface area (Å²) in [4.78, 5) is 16.4. The van der Waals surface area contributed by atoms with E-state index in [1.54, 1.807) is 7.11 Å². The predicted molar refractivity (Wildman–Crippen MR) is 110 cm³/mol. The zero-order valence-electron chi connectivity index (χ0n) is 15.6. The summed E-state index contributed by atoms with van der Waals surface area (Å²) < 4.78 is 42.2. The van der Waals surface area contributed by atoms with Gasteiger partial charge in [-0.2, -0.15) is 13.2 Å². The van der Waals surface area contributed by atoms with Gasteiger partial charge in [0.1, 0.15) is 18.8 Å². The maximum Gasteiger partial charge on any atom is 0.406 e. The Labute approximate surface area is 174 Å². The van der Waals surface area contributed by atoms with E-state index in [1.165, 1.54) is 0 Å². The van der Waals surface area contributed by atoms with E-state index in [1.807, 2.05) is 31.2 Å². The van der Waals surface area contributed by atoms with Gasteiger partial charge in [-0.05, 0) is 25.0 Å². The number of likely N-dealkylation sites (N-methyl/N-ethyl adjacent to an activating group) is 1. The lowest BCUT2D eigenvalue weighted by atomic mass is 10.1. The van der Waals surface area contributed by atoms with Gasteiger partial charge in [0, 0.05) is 20.1 Å². The van der Waals surface area contributed by atoms with Gasteiger partial charge in [0.05, 0.1) is 7.11 Å². The summed E-state index contributed by atoms with van der Waals surface area (Å²) in [5.74, 6) is 0.445. The minimum Gasteiger partial charge on any atom is -0.496 e. The molecule has 1 aromatic rings. The molecule has 10 heteroatoms. The third kappa shape index (κ3) is 10.3. The number of benzene rings is 1. The summed E-state index contributed by atoms with van der Waals surface area (Å²) in [7, 11) is 2.70. The van der Waals surface area contributed by atoms with Crippen molar-refractivity contribution < 1.29 is 22.7 Å². The van der Waals surface area contributed by atoms with E-state index in [0.717, 1.165) is 18.4 Å². The lowest BCUT2D eigenvalue weighted by Crippen LogP contribution is -2.40. The third-order valence-electron chi connectivity index (χ3n) is 3.44. The Morgan fingerprint density at radius 1 is 1.26 bits per heavy atom. The van der Waals surface area contributed by atoms with Crippen molar-refractivity contribution in [1.29, 1.82) is 0 Å². The molecule has 0 aliphatic heterocycles. The number of hydrogen-bond donors (Lipinski definition) is 2. The van der Waals surface area contributed by atoms with Gasteiger partial charge in [0.25, 0.3) is 0 Å². The molecule has 0 saturated carbocycles. The molecular formula is C17H26F3IN4O2. The molecule has 1 rings (SSSR count). The fourth-order valence-corrected chi connectivity index (χ4v) is 2.19. The van der Waals surface area contributed by atoms with Crippen LogP contribution >= 0.6 is 24.0 Å². The second-order valence-electron chi connectivity index (χ2n) is 5.55. The van der Waals surface area contributed by atoms with Gasteiger partial charge in [-0.25, -0.2) is 4.99 Å². The summed E-state index contributed by atoms with van der Waals surface area (Å²) >= 11 is 0. The quantitative estimate of drug-likeness (QED) is 0.326. The molecule has 0 radical (unpaired) electrons. The zero-order valence-corrected chi connectivity index (χ0v) is 17.9. The first-order chi connectivity index (χ1) is 12.3. The van der Waals surface area contributed by atoms with Crippen LogP contribution in [0.2, 0.25) is 0 Å². The van der Waals surface area contributed by atoms with E-state index < -0.39 is 18.6 Å². The van der Waals surface area contributed by atoms with Crippen molar-refractivity contribution >= 4 is 35.8 Å². The highest BCUT2D eigenvalue weighted by Crippen LogP contribution is 2.17. The van der Waals surface area contributed by atoms with Crippen LogP contribution in [-0.2, 0) is 11.2 Å². The average Bonchev–Trinajstić information content (AvgIpc) is 2.58. The van der Waals surface area contributed by atoms with Crippen LogP contribution < -0.4 is 15.4 Å². The number of nitrogens with one attached hydrogen (secondary N) is 2. The van der Waals surface area contributed by atoms with Gasteiger partial charge in [-0.1, -0.05) is 18.2 Å². The van der Waals surface area contributed by atoms with E-state index in [0.29, 0.717) is 30.4 Å². The molecule has 0 bridgehead atoms. The fraction of sp³-hybridized carbons (Fsp3) is 0.529. The molecule has 0 aromatic heterocycles. The number of hydrogen-bond acceptors (Lipinski definition) is 3. The van der Waals surface area contributed by atoms with E-state index in [4.69, 9.17) is 4.74 Å². The summed E-state index contributed by atoms with van der Waals surface area (Å²) in [6, 6.07) is 7.60. The van der Waals surface area contributed by atoms with Crippen LogP contribution in [0.3, 0.4) is 0 Å². The van der Waals surface area contributed by atoms with Gasteiger partial charge in [0.15, 0.2) is 5.96 Å². The molecule has 0 atom stereocenters. The Balaban J connectivity index is 0.00000676. The van der Waals surface area contributed by atoms with Crippen molar-refractivity contribution in [3.63, 3.8) is 0 Å². The topological polar surface area (TPSA) is 66.0 Å². The summed E-state index contributed by atoms with van der Waals surface area (Å²) in [6.07, 6.45) is -3.76. The highest BCUT2D eigenvalue weighted by Gasteiger charge is 2.30. The molecule has 0 fully saturated rings. The SMILES string of the molecule is CCNC(=NCC(=O)N(C)CC(F)(F)F)NCCc1ccccc1OC.I. The molecule has 2 N–H and O–H groups in total. The number of amides is 1. The van der Waals surface area contributed by atoms with E-state index in [9.17, 15) is 18.0 Å². The normalized spacial score (nSPS) is 11.4. The number of methoxy groups -OCH3 is 1.